The van der Waals surface area contributed by atoms with Crippen LogP contribution in [0.4, 0.5) is 5.69 Å². The van der Waals surface area contributed by atoms with Gasteiger partial charge in [0.05, 0.1) is 7.11 Å². The predicted molar refractivity (Wildman–Crippen MR) is 88.1 cm³/mol. The highest BCUT2D eigenvalue weighted by Crippen LogP contribution is 2.36. The number of nitrogens with one attached hydrogen (secondary N) is 1. The van der Waals surface area contributed by atoms with Gasteiger partial charge in [-0.2, -0.15) is 0 Å². The summed E-state index contributed by atoms with van der Waals surface area (Å²) < 4.78 is 5.33. The van der Waals surface area contributed by atoms with E-state index in [1.165, 1.54) is 11.3 Å². The van der Waals surface area contributed by atoms with Crippen LogP contribution < -0.4 is 14.9 Å². The Morgan fingerprint density at radius 2 is 2.35 bits per heavy atom. The van der Waals surface area contributed by atoms with Crippen molar-refractivity contribution in [2.24, 2.45) is 0 Å². The number of anilines is 1. The number of alkyl halides is 1. The van der Waals surface area contributed by atoms with Crippen molar-refractivity contribution in [3.8, 4) is 5.75 Å². The molecule has 1 aromatic rings. The highest BCUT2D eigenvalue weighted by atomic mass is 79.9. The van der Waals surface area contributed by atoms with Crippen LogP contribution in [0.2, 0.25) is 6.82 Å². The van der Waals surface area contributed by atoms with Gasteiger partial charge in [-0.05, 0) is 37.8 Å². The Hall–Kier alpha value is -0.715. The van der Waals surface area contributed by atoms with E-state index in [2.05, 4.69) is 38.2 Å². The van der Waals surface area contributed by atoms with Crippen LogP contribution in [0.25, 0.3) is 0 Å². The van der Waals surface area contributed by atoms with E-state index in [1.807, 2.05) is 6.07 Å². The molecule has 2 rings (SSSR count). The van der Waals surface area contributed by atoms with E-state index in [9.17, 15) is 5.02 Å². The molecule has 1 aliphatic rings. The molecule has 1 atom stereocenters. The van der Waals surface area contributed by atoms with Crippen LogP contribution in [0.5, 0.6) is 5.75 Å². The summed E-state index contributed by atoms with van der Waals surface area (Å²) in [5, 5.41) is 13.3. The zero-order valence-electron chi connectivity index (χ0n) is 12.1. The van der Waals surface area contributed by atoms with Crippen molar-refractivity contribution < 1.29 is 9.76 Å². The average Bonchev–Trinajstić information content (AvgIpc) is 2.76. The lowest BCUT2D eigenvalue weighted by molar-refractivity contribution is 0.415. The lowest BCUT2D eigenvalue weighted by Crippen LogP contribution is -2.38. The number of fused-ring (bicyclic) bond motifs is 1. The second-order valence-corrected chi connectivity index (χ2v) is 5.95. The van der Waals surface area contributed by atoms with Gasteiger partial charge in [-0.25, -0.2) is 0 Å². The van der Waals surface area contributed by atoms with E-state index in [1.54, 1.807) is 13.9 Å². The average molecular weight is 341 g/mol. The van der Waals surface area contributed by atoms with Gasteiger partial charge in [0.1, 0.15) is 5.75 Å². The normalized spacial score (nSPS) is 17.2. The molecule has 0 amide bonds. The van der Waals surface area contributed by atoms with Crippen molar-refractivity contribution in [2.45, 2.75) is 25.7 Å². The van der Waals surface area contributed by atoms with E-state index in [-0.39, 0.29) is 0 Å². The molecule has 0 aromatic heterocycles. The van der Waals surface area contributed by atoms with Crippen molar-refractivity contribution in [3.63, 3.8) is 0 Å². The number of hydrogen-bond acceptors (Lipinski definition) is 4. The van der Waals surface area contributed by atoms with Gasteiger partial charge >= 0.3 is 7.05 Å². The van der Waals surface area contributed by atoms with Gasteiger partial charge in [-0.3, -0.25) is 0 Å². The van der Waals surface area contributed by atoms with Crippen molar-refractivity contribution in [2.75, 3.05) is 30.4 Å². The number of benzene rings is 1. The van der Waals surface area contributed by atoms with Crippen LogP contribution >= 0.6 is 15.9 Å². The van der Waals surface area contributed by atoms with Crippen molar-refractivity contribution in [1.29, 1.82) is 0 Å². The Morgan fingerprint density at radius 1 is 1.55 bits per heavy atom. The Balaban J connectivity index is 2.08. The molecule has 1 heterocycles. The third-order valence-corrected chi connectivity index (χ3v) is 4.10. The van der Waals surface area contributed by atoms with Crippen molar-refractivity contribution >= 4 is 28.7 Å². The maximum absolute atomic E-state index is 9.29. The second kappa shape index (κ2) is 7.34. The zero-order valence-corrected chi connectivity index (χ0v) is 13.7. The molecular weight excluding hydrogens is 319 g/mol. The number of hydrogen-bond donors (Lipinski definition) is 2. The van der Waals surface area contributed by atoms with E-state index in [4.69, 9.17) is 4.74 Å². The Labute approximate surface area is 129 Å². The first-order valence-corrected chi connectivity index (χ1v) is 8.18. The third-order valence-electron chi connectivity index (χ3n) is 3.74. The quantitative estimate of drug-likeness (QED) is 0.588. The SMILES string of the molecule is COc1ccc2c(c1)N(CCBr)C(CCNB(C)O)C2. The first-order chi connectivity index (χ1) is 9.65. The fraction of sp³-hybridized carbons (Fsp3) is 0.571. The summed E-state index contributed by atoms with van der Waals surface area (Å²) in [6, 6.07) is 6.81. The van der Waals surface area contributed by atoms with Gasteiger partial charge in [0.25, 0.3) is 0 Å². The Bertz CT molecular complexity index is 445. The van der Waals surface area contributed by atoms with Crippen LogP contribution in [0.3, 0.4) is 0 Å². The smallest absolute Gasteiger partial charge is 0.373 e. The largest absolute Gasteiger partial charge is 0.497 e. The summed E-state index contributed by atoms with van der Waals surface area (Å²) in [6.45, 7) is 3.57. The standard InChI is InChI=1S/C14H22BBrN2O2/c1-15(19)17-7-5-12-9-11-3-4-13(20-2)10-14(11)18(12)8-6-16/h3-4,10,12,17,19H,5-9H2,1-2H3. The second-order valence-electron chi connectivity index (χ2n) is 5.15. The van der Waals surface area contributed by atoms with Crippen LogP contribution in [0, 0.1) is 0 Å². The van der Waals surface area contributed by atoms with Crippen LogP contribution in [0.1, 0.15) is 12.0 Å². The number of nitrogens with zero attached hydrogens (tertiary/aromatic N) is 1. The number of ether oxygens (including phenoxy) is 1. The topological polar surface area (TPSA) is 44.7 Å². The van der Waals surface area contributed by atoms with Gasteiger partial charge in [0, 0.05) is 29.7 Å². The first kappa shape index (κ1) is 15.7. The third kappa shape index (κ3) is 3.68. The molecule has 110 valence electrons. The van der Waals surface area contributed by atoms with Crippen LogP contribution in [-0.4, -0.2) is 43.6 Å². The monoisotopic (exact) mass is 340 g/mol. The van der Waals surface area contributed by atoms with Crippen LogP contribution in [0.15, 0.2) is 18.2 Å². The highest BCUT2D eigenvalue weighted by Gasteiger charge is 2.28. The summed E-state index contributed by atoms with van der Waals surface area (Å²) in [6.07, 6.45) is 2.09. The zero-order chi connectivity index (χ0) is 14.5. The molecule has 20 heavy (non-hydrogen) atoms. The number of methoxy groups -OCH3 is 1. The van der Waals surface area contributed by atoms with Gasteiger partial charge in [-0.15, -0.1) is 0 Å². The van der Waals surface area contributed by atoms with E-state index >= 15 is 0 Å². The minimum absolute atomic E-state index is 0.441. The minimum Gasteiger partial charge on any atom is -0.497 e. The lowest BCUT2D eigenvalue weighted by Gasteiger charge is -2.27. The molecule has 0 bridgehead atoms. The molecule has 1 aromatic carbocycles. The van der Waals surface area contributed by atoms with E-state index in [0.29, 0.717) is 6.04 Å². The molecule has 2 N–H and O–H groups in total. The maximum atomic E-state index is 9.29. The van der Waals surface area contributed by atoms with Gasteiger partial charge in [-0.1, -0.05) is 22.0 Å². The Kier molecular flexibility index (Phi) is 5.75. The highest BCUT2D eigenvalue weighted by molar-refractivity contribution is 9.09. The summed E-state index contributed by atoms with van der Waals surface area (Å²) in [4.78, 5) is 2.44. The van der Waals surface area contributed by atoms with Gasteiger partial charge < -0.3 is 19.9 Å². The fourth-order valence-corrected chi connectivity index (χ4v) is 3.16. The number of halogens is 1. The molecule has 0 fully saturated rings. The summed E-state index contributed by atoms with van der Waals surface area (Å²) >= 11 is 3.54. The minimum atomic E-state index is -0.441. The molecule has 0 saturated carbocycles. The molecule has 4 nitrogen and oxygen atoms in total. The fourth-order valence-electron chi connectivity index (χ4n) is 2.78. The molecule has 1 unspecified atom stereocenters. The molecule has 0 saturated heterocycles. The Morgan fingerprint density at radius 3 is 3.00 bits per heavy atom. The molecule has 6 heteroatoms. The predicted octanol–water partition coefficient (Wildman–Crippen LogP) is 1.91. The summed E-state index contributed by atoms with van der Waals surface area (Å²) in [5.74, 6) is 0.908. The summed E-state index contributed by atoms with van der Waals surface area (Å²) in [7, 11) is 1.26. The van der Waals surface area contributed by atoms with Crippen LogP contribution in [-0.2, 0) is 6.42 Å². The number of rotatable bonds is 7. The molecule has 1 aliphatic heterocycles. The van der Waals surface area contributed by atoms with Gasteiger partial charge in [0.2, 0.25) is 0 Å². The summed E-state index contributed by atoms with van der Waals surface area (Å²) in [5.41, 5.74) is 2.67. The van der Waals surface area contributed by atoms with E-state index in [0.717, 1.165) is 37.0 Å². The molecule has 0 aliphatic carbocycles. The van der Waals surface area contributed by atoms with Crippen molar-refractivity contribution in [3.05, 3.63) is 23.8 Å². The lowest BCUT2D eigenvalue weighted by atomic mass is 9.88. The maximum Gasteiger partial charge on any atom is 0.373 e. The van der Waals surface area contributed by atoms with E-state index < -0.39 is 7.05 Å². The van der Waals surface area contributed by atoms with Gasteiger partial charge in [0.15, 0.2) is 0 Å². The molecular formula is C14H22BBrN2O2. The first-order valence-electron chi connectivity index (χ1n) is 7.06. The molecule has 0 spiro atoms. The molecule has 0 radical (unpaired) electrons. The van der Waals surface area contributed by atoms with Crippen molar-refractivity contribution in [1.82, 2.24) is 5.23 Å².